The van der Waals surface area contributed by atoms with Crippen LogP contribution < -0.4 is 20.1 Å². The predicted molar refractivity (Wildman–Crippen MR) is 105 cm³/mol. The molecular formula is C21H20FN3O3. The van der Waals surface area contributed by atoms with Crippen LogP contribution in [0.1, 0.15) is 15.9 Å². The molecule has 0 saturated carbocycles. The highest BCUT2D eigenvalue weighted by Gasteiger charge is 2.08. The Balaban J connectivity index is 1.59. The molecule has 0 atom stereocenters. The highest BCUT2D eigenvalue weighted by molar-refractivity contribution is 6.04. The van der Waals surface area contributed by atoms with Crippen LogP contribution >= 0.6 is 0 Å². The summed E-state index contributed by atoms with van der Waals surface area (Å²) in [5.41, 5.74) is 1.92. The van der Waals surface area contributed by atoms with E-state index in [-0.39, 0.29) is 11.7 Å². The third-order valence-electron chi connectivity index (χ3n) is 4.05. The van der Waals surface area contributed by atoms with E-state index in [2.05, 4.69) is 15.6 Å². The third kappa shape index (κ3) is 4.76. The van der Waals surface area contributed by atoms with Crippen molar-refractivity contribution in [3.05, 3.63) is 77.7 Å². The molecule has 0 aliphatic rings. The molecule has 0 spiro atoms. The maximum Gasteiger partial charge on any atom is 0.257 e. The summed E-state index contributed by atoms with van der Waals surface area (Å²) < 4.78 is 23.4. The Kier molecular flexibility index (Phi) is 6.06. The van der Waals surface area contributed by atoms with E-state index in [1.807, 2.05) is 18.2 Å². The van der Waals surface area contributed by atoms with Gasteiger partial charge in [-0.2, -0.15) is 0 Å². The number of benzene rings is 2. The van der Waals surface area contributed by atoms with Crippen molar-refractivity contribution in [2.45, 2.75) is 6.54 Å². The van der Waals surface area contributed by atoms with Crippen molar-refractivity contribution in [2.75, 3.05) is 24.9 Å². The van der Waals surface area contributed by atoms with Crippen LogP contribution in [-0.2, 0) is 6.54 Å². The second kappa shape index (κ2) is 8.85. The minimum atomic E-state index is -0.357. The summed E-state index contributed by atoms with van der Waals surface area (Å²) in [5, 5.41) is 5.89. The maximum atomic E-state index is 12.9. The number of nitrogens with zero attached hydrogens (tertiary/aromatic N) is 1. The van der Waals surface area contributed by atoms with Crippen LogP contribution in [0, 0.1) is 5.82 Å². The van der Waals surface area contributed by atoms with Crippen LogP contribution in [0.3, 0.4) is 0 Å². The predicted octanol–water partition coefficient (Wildman–Crippen LogP) is 4.10. The van der Waals surface area contributed by atoms with Gasteiger partial charge in [-0.1, -0.05) is 6.07 Å². The molecule has 3 rings (SSSR count). The van der Waals surface area contributed by atoms with Gasteiger partial charge >= 0.3 is 0 Å². The molecule has 0 aliphatic carbocycles. The molecule has 144 valence electrons. The molecule has 28 heavy (non-hydrogen) atoms. The van der Waals surface area contributed by atoms with Crippen LogP contribution in [0.4, 0.5) is 15.9 Å². The molecule has 1 aromatic heterocycles. The zero-order valence-electron chi connectivity index (χ0n) is 15.5. The van der Waals surface area contributed by atoms with Gasteiger partial charge < -0.3 is 20.1 Å². The average molecular weight is 381 g/mol. The number of rotatable bonds is 7. The van der Waals surface area contributed by atoms with Crippen molar-refractivity contribution in [1.82, 2.24) is 4.98 Å². The van der Waals surface area contributed by atoms with Crippen LogP contribution in [0.15, 0.2) is 60.8 Å². The number of pyridine rings is 1. The van der Waals surface area contributed by atoms with Gasteiger partial charge in [0.05, 0.1) is 19.8 Å². The summed E-state index contributed by atoms with van der Waals surface area (Å²) in [6.07, 6.45) is 1.48. The van der Waals surface area contributed by atoms with E-state index in [0.717, 1.165) is 5.56 Å². The molecule has 0 radical (unpaired) electrons. The summed E-state index contributed by atoms with van der Waals surface area (Å²) in [5.74, 6) is 1.28. The molecule has 6 nitrogen and oxygen atoms in total. The number of ether oxygens (including phenoxy) is 2. The van der Waals surface area contributed by atoms with Crippen LogP contribution in [0.5, 0.6) is 11.5 Å². The monoisotopic (exact) mass is 381 g/mol. The molecule has 2 aromatic carbocycles. The fourth-order valence-electron chi connectivity index (χ4n) is 2.55. The first-order valence-electron chi connectivity index (χ1n) is 8.57. The number of carbonyl (C=O) groups excluding carboxylic acids is 1. The minimum absolute atomic E-state index is 0.314. The molecule has 1 amide bonds. The van der Waals surface area contributed by atoms with Gasteiger partial charge in [-0.15, -0.1) is 0 Å². The lowest BCUT2D eigenvalue weighted by atomic mass is 10.2. The van der Waals surface area contributed by atoms with E-state index >= 15 is 0 Å². The van der Waals surface area contributed by atoms with Gasteiger partial charge in [0, 0.05) is 18.4 Å². The van der Waals surface area contributed by atoms with E-state index < -0.39 is 0 Å². The number of amides is 1. The number of anilines is 2. The topological polar surface area (TPSA) is 72.5 Å². The van der Waals surface area contributed by atoms with Gasteiger partial charge in [0.1, 0.15) is 11.6 Å². The standard InChI is InChI=1S/C21H20FN3O3/c1-27-18-9-3-14(11-19(18)28-2)12-23-20-10-4-15(13-24-20)21(26)25-17-7-5-16(22)6-8-17/h3-11,13H,12H2,1-2H3,(H,23,24)(H,25,26). The van der Waals surface area contributed by atoms with Gasteiger partial charge in [-0.05, 0) is 54.1 Å². The van der Waals surface area contributed by atoms with Crippen LogP contribution in [0.25, 0.3) is 0 Å². The lowest BCUT2D eigenvalue weighted by Crippen LogP contribution is -2.12. The number of hydrogen-bond donors (Lipinski definition) is 2. The molecule has 0 saturated heterocycles. The van der Waals surface area contributed by atoms with Crippen molar-refractivity contribution < 1.29 is 18.7 Å². The summed E-state index contributed by atoms with van der Waals surface area (Å²) in [7, 11) is 3.18. The van der Waals surface area contributed by atoms with Gasteiger partial charge in [0.15, 0.2) is 11.5 Å². The molecule has 0 aliphatic heterocycles. The first kappa shape index (κ1) is 19.2. The van der Waals surface area contributed by atoms with Crippen molar-refractivity contribution in [2.24, 2.45) is 0 Å². The molecule has 0 unspecified atom stereocenters. The normalized spacial score (nSPS) is 10.2. The molecular weight excluding hydrogens is 361 g/mol. The van der Waals surface area contributed by atoms with Crippen molar-refractivity contribution in [3.8, 4) is 11.5 Å². The minimum Gasteiger partial charge on any atom is -0.493 e. The first-order valence-corrected chi connectivity index (χ1v) is 8.57. The number of halogens is 1. The lowest BCUT2D eigenvalue weighted by Gasteiger charge is -2.11. The molecule has 2 N–H and O–H groups in total. The fourth-order valence-corrected chi connectivity index (χ4v) is 2.55. The van der Waals surface area contributed by atoms with Gasteiger partial charge in [0.2, 0.25) is 0 Å². The molecule has 3 aromatic rings. The molecule has 0 fully saturated rings. The Morgan fingerprint density at radius 2 is 1.75 bits per heavy atom. The van der Waals surface area contributed by atoms with Crippen LogP contribution in [-0.4, -0.2) is 25.1 Å². The second-order valence-electron chi connectivity index (χ2n) is 5.94. The third-order valence-corrected chi connectivity index (χ3v) is 4.05. The average Bonchev–Trinajstić information content (AvgIpc) is 2.74. The largest absolute Gasteiger partial charge is 0.493 e. The Morgan fingerprint density at radius 1 is 1.00 bits per heavy atom. The van der Waals surface area contributed by atoms with Gasteiger partial charge in [-0.3, -0.25) is 4.79 Å². The van der Waals surface area contributed by atoms with Crippen LogP contribution in [0.2, 0.25) is 0 Å². The van der Waals surface area contributed by atoms with Crippen molar-refractivity contribution in [3.63, 3.8) is 0 Å². The van der Waals surface area contributed by atoms with E-state index in [1.165, 1.54) is 30.5 Å². The Hall–Kier alpha value is -3.61. The van der Waals surface area contributed by atoms with E-state index in [9.17, 15) is 9.18 Å². The fraction of sp³-hybridized carbons (Fsp3) is 0.143. The maximum absolute atomic E-state index is 12.9. The zero-order chi connectivity index (χ0) is 19.9. The number of hydrogen-bond acceptors (Lipinski definition) is 5. The Labute approximate surface area is 162 Å². The highest BCUT2D eigenvalue weighted by Crippen LogP contribution is 2.27. The van der Waals surface area contributed by atoms with Gasteiger partial charge in [0.25, 0.3) is 5.91 Å². The number of methoxy groups -OCH3 is 2. The second-order valence-corrected chi connectivity index (χ2v) is 5.94. The van der Waals surface area contributed by atoms with E-state index in [0.29, 0.717) is 35.1 Å². The quantitative estimate of drug-likeness (QED) is 0.645. The zero-order valence-corrected chi connectivity index (χ0v) is 15.5. The van der Waals surface area contributed by atoms with Gasteiger partial charge in [-0.25, -0.2) is 9.37 Å². The van der Waals surface area contributed by atoms with E-state index in [4.69, 9.17) is 9.47 Å². The first-order chi connectivity index (χ1) is 13.6. The smallest absolute Gasteiger partial charge is 0.257 e. The lowest BCUT2D eigenvalue weighted by molar-refractivity contribution is 0.102. The molecule has 0 bridgehead atoms. The van der Waals surface area contributed by atoms with E-state index in [1.54, 1.807) is 26.4 Å². The number of nitrogens with one attached hydrogen (secondary N) is 2. The summed E-state index contributed by atoms with van der Waals surface area (Å²) >= 11 is 0. The number of aromatic nitrogens is 1. The number of carbonyl (C=O) groups is 1. The highest BCUT2D eigenvalue weighted by atomic mass is 19.1. The SMILES string of the molecule is COc1ccc(CNc2ccc(C(=O)Nc3ccc(F)cc3)cn2)cc1OC. The molecule has 7 heteroatoms. The van der Waals surface area contributed by atoms with Crippen molar-refractivity contribution >= 4 is 17.4 Å². The Bertz CT molecular complexity index is 944. The molecule has 1 heterocycles. The summed E-state index contributed by atoms with van der Waals surface area (Å²) in [4.78, 5) is 16.5. The van der Waals surface area contributed by atoms with Crippen molar-refractivity contribution in [1.29, 1.82) is 0 Å². The Morgan fingerprint density at radius 3 is 2.39 bits per heavy atom. The summed E-state index contributed by atoms with van der Waals surface area (Å²) in [6.45, 7) is 0.536. The summed E-state index contributed by atoms with van der Waals surface area (Å²) in [6, 6.07) is 14.6.